The Hall–Kier alpha value is -2.95. The van der Waals surface area contributed by atoms with Crippen molar-refractivity contribution in [1.82, 2.24) is 10.3 Å². The van der Waals surface area contributed by atoms with Gasteiger partial charge in [-0.25, -0.2) is 18.6 Å². The molecule has 1 unspecified atom stereocenters. The molecule has 3 N–H and O–H groups in total. The number of allylic oxidation sites excluding steroid dienone is 1. The van der Waals surface area contributed by atoms with E-state index < -0.39 is 36.2 Å². The number of rotatable bonds is 11. The number of carboxylic acid groups (broad SMARTS) is 1. The molecule has 0 aliphatic heterocycles. The molecule has 1 heterocycles. The van der Waals surface area contributed by atoms with E-state index in [1.54, 1.807) is 12.1 Å². The lowest BCUT2D eigenvalue weighted by molar-refractivity contribution is -0.139. The van der Waals surface area contributed by atoms with Gasteiger partial charge in [0, 0.05) is 13.1 Å². The number of alkyl halides is 1. The Kier molecular flexibility index (Phi) is 9.18. The van der Waals surface area contributed by atoms with E-state index in [1.807, 2.05) is 0 Å². The fourth-order valence-corrected chi connectivity index (χ4v) is 2.71. The van der Waals surface area contributed by atoms with Crippen molar-refractivity contribution in [2.24, 2.45) is 0 Å². The number of carbonyl (C=O) groups is 1. The Labute approximate surface area is 192 Å². The Morgan fingerprint density at radius 3 is 2.56 bits per heavy atom. The fraction of sp³-hybridized carbons (Fsp3) is 0.250. The zero-order valence-electron chi connectivity index (χ0n) is 16.9. The zero-order chi connectivity index (χ0) is 23.8. The number of para-hydroxylation sites is 2. The number of carboxylic acids is 1. The maximum Gasteiger partial charge on any atom is 0.341 e. The average Bonchev–Trinajstić information content (AvgIpc) is 2.74. The van der Waals surface area contributed by atoms with Gasteiger partial charge in [0.15, 0.2) is 30.3 Å². The minimum atomic E-state index is -1.58. The van der Waals surface area contributed by atoms with Crippen LogP contribution in [0, 0.1) is 11.2 Å². The molecule has 0 bridgehead atoms. The van der Waals surface area contributed by atoms with Crippen LogP contribution in [-0.4, -0.2) is 48.4 Å². The molecule has 1 aromatic heterocycles. The van der Waals surface area contributed by atoms with Crippen molar-refractivity contribution in [1.29, 1.82) is 5.41 Å². The lowest BCUT2D eigenvalue weighted by Gasteiger charge is -2.15. The largest absolute Gasteiger partial charge is 0.479 e. The van der Waals surface area contributed by atoms with E-state index in [0.717, 1.165) is 6.07 Å². The lowest BCUT2D eigenvalue weighted by Crippen LogP contribution is -2.20. The second-order valence-corrected chi connectivity index (χ2v) is 6.89. The molecule has 0 saturated carbocycles. The van der Waals surface area contributed by atoms with Crippen LogP contribution in [0.5, 0.6) is 17.4 Å². The normalized spacial score (nSPS) is 12.6. The molecule has 32 heavy (non-hydrogen) atoms. The molecule has 0 saturated heterocycles. The summed E-state index contributed by atoms with van der Waals surface area (Å²) < 4.78 is 43.1. The van der Waals surface area contributed by atoms with Crippen molar-refractivity contribution in [2.75, 3.05) is 20.3 Å². The second kappa shape index (κ2) is 11.6. The highest BCUT2D eigenvalue weighted by Gasteiger charge is 2.21. The van der Waals surface area contributed by atoms with Crippen molar-refractivity contribution in [2.45, 2.75) is 13.3 Å². The third-order valence-corrected chi connectivity index (χ3v) is 4.47. The number of pyridine rings is 1. The van der Waals surface area contributed by atoms with Gasteiger partial charge in [0.25, 0.3) is 0 Å². The summed E-state index contributed by atoms with van der Waals surface area (Å²) in [4.78, 5) is 14.7. The van der Waals surface area contributed by atoms with Gasteiger partial charge in [-0.15, -0.1) is 0 Å². The number of hydrogen-bond acceptors (Lipinski definition) is 7. The average molecular weight is 490 g/mol. The standard InChI is InChI=1S/C20H19Cl2F2N3O5/c1-10(23)30-8-13(26-2)17(22)18(25)19-12(24)7-11(21)20(27-19)32-15-6-4-3-5-14(15)31-9-16(28)29/h3-7,10,25-26H,8-9H2,1-2H3,(H,28,29)/b17-13+,25-18?. The topological polar surface area (TPSA) is 114 Å². The summed E-state index contributed by atoms with van der Waals surface area (Å²) in [5.41, 5.74) is -0.882. The van der Waals surface area contributed by atoms with Crippen LogP contribution in [0.4, 0.5) is 8.78 Å². The highest BCUT2D eigenvalue weighted by Crippen LogP contribution is 2.35. The van der Waals surface area contributed by atoms with E-state index in [-0.39, 0.29) is 39.7 Å². The minimum absolute atomic E-state index is 0.0649. The summed E-state index contributed by atoms with van der Waals surface area (Å²) >= 11 is 12.2. The predicted molar refractivity (Wildman–Crippen MR) is 114 cm³/mol. The van der Waals surface area contributed by atoms with Crippen molar-refractivity contribution in [3.63, 3.8) is 0 Å². The minimum Gasteiger partial charge on any atom is -0.479 e. The van der Waals surface area contributed by atoms with Gasteiger partial charge in [0.1, 0.15) is 16.4 Å². The Bertz CT molecular complexity index is 1030. The smallest absolute Gasteiger partial charge is 0.341 e. The van der Waals surface area contributed by atoms with E-state index in [1.165, 1.54) is 26.1 Å². The van der Waals surface area contributed by atoms with Gasteiger partial charge >= 0.3 is 5.97 Å². The van der Waals surface area contributed by atoms with Gasteiger partial charge < -0.3 is 24.6 Å². The van der Waals surface area contributed by atoms with Crippen LogP contribution >= 0.6 is 23.2 Å². The van der Waals surface area contributed by atoms with Crippen LogP contribution in [0.15, 0.2) is 41.1 Å². The van der Waals surface area contributed by atoms with Crippen LogP contribution in [0.2, 0.25) is 5.02 Å². The number of hydrogen-bond donors (Lipinski definition) is 3. The molecule has 2 rings (SSSR count). The highest BCUT2D eigenvalue weighted by atomic mass is 35.5. The van der Waals surface area contributed by atoms with Gasteiger partial charge in [0.2, 0.25) is 5.88 Å². The molecular formula is C20H19Cl2F2N3O5. The van der Waals surface area contributed by atoms with E-state index in [9.17, 15) is 13.6 Å². The molecule has 1 atom stereocenters. The third-order valence-electron chi connectivity index (χ3n) is 3.78. The maximum atomic E-state index is 14.5. The SMILES string of the molecule is CN/C(COC(C)F)=C(/Cl)C(=N)c1nc(Oc2ccccc2OCC(=O)O)c(Cl)cc1F. The van der Waals surface area contributed by atoms with E-state index in [4.69, 9.17) is 47.9 Å². The summed E-state index contributed by atoms with van der Waals surface area (Å²) in [6, 6.07) is 7.00. The summed E-state index contributed by atoms with van der Waals surface area (Å²) in [5, 5.41) is 19.2. The van der Waals surface area contributed by atoms with Crippen LogP contribution in [0.3, 0.4) is 0 Å². The molecular weight excluding hydrogens is 471 g/mol. The number of likely N-dealkylation sites (N-methyl/N-ethyl adjacent to an activating group) is 1. The van der Waals surface area contributed by atoms with E-state index >= 15 is 0 Å². The Balaban J connectivity index is 2.38. The number of nitrogens with zero attached hydrogens (tertiary/aromatic N) is 1. The molecule has 0 aliphatic carbocycles. The molecule has 0 fully saturated rings. The summed E-state index contributed by atoms with van der Waals surface area (Å²) in [5.74, 6) is -2.27. The van der Waals surface area contributed by atoms with Crippen LogP contribution in [0.1, 0.15) is 12.6 Å². The van der Waals surface area contributed by atoms with Gasteiger partial charge in [-0.1, -0.05) is 35.3 Å². The molecule has 12 heteroatoms. The van der Waals surface area contributed by atoms with Crippen molar-refractivity contribution in [3.8, 4) is 17.4 Å². The van der Waals surface area contributed by atoms with E-state index in [0.29, 0.717) is 0 Å². The number of aliphatic carboxylic acids is 1. The molecule has 172 valence electrons. The number of aromatic nitrogens is 1. The van der Waals surface area contributed by atoms with E-state index in [2.05, 4.69) is 10.3 Å². The Morgan fingerprint density at radius 1 is 1.31 bits per heavy atom. The number of halogens is 4. The molecule has 0 aliphatic rings. The molecule has 1 aromatic carbocycles. The number of benzene rings is 1. The fourth-order valence-electron chi connectivity index (χ4n) is 2.29. The second-order valence-electron chi connectivity index (χ2n) is 6.11. The highest BCUT2D eigenvalue weighted by molar-refractivity contribution is 6.46. The molecule has 8 nitrogen and oxygen atoms in total. The third kappa shape index (κ3) is 6.78. The van der Waals surface area contributed by atoms with Gasteiger partial charge in [-0.2, -0.15) is 0 Å². The number of ether oxygens (including phenoxy) is 3. The predicted octanol–water partition coefficient (Wildman–Crippen LogP) is 4.50. The molecule has 0 amide bonds. The van der Waals surface area contributed by atoms with Gasteiger partial charge in [-0.05, 0) is 19.1 Å². The monoisotopic (exact) mass is 489 g/mol. The van der Waals surface area contributed by atoms with Gasteiger partial charge in [-0.3, -0.25) is 5.41 Å². The quantitative estimate of drug-likeness (QED) is 0.398. The first-order chi connectivity index (χ1) is 15.1. The molecule has 0 spiro atoms. The lowest BCUT2D eigenvalue weighted by atomic mass is 10.2. The van der Waals surface area contributed by atoms with Crippen LogP contribution in [-0.2, 0) is 9.53 Å². The van der Waals surface area contributed by atoms with Crippen molar-refractivity contribution >= 4 is 34.9 Å². The van der Waals surface area contributed by atoms with Crippen LogP contribution in [0.25, 0.3) is 0 Å². The first-order valence-corrected chi connectivity index (χ1v) is 9.78. The first-order valence-electron chi connectivity index (χ1n) is 9.02. The van der Waals surface area contributed by atoms with Crippen molar-refractivity contribution < 1.29 is 32.9 Å². The Morgan fingerprint density at radius 2 is 1.97 bits per heavy atom. The van der Waals surface area contributed by atoms with Crippen molar-refractivity contribution in [3.05, 3.63) is 57.6 Å². The molecule has 2 aromatic rings. The maximum absolute atomic E-state index is 14.5. The number of nitrogens with one attached hydrogen (secondary N) is 2. The zero-order valence-corrected chi connectivity index (χ0v) is 18.4. The summed E-state index contributed by atoms with van der Waals surface area (Å²) in [7, 11) is 1.48. The van der Waals surface area contributed by atoms with Gasteiger partial charge in [0.05, 0.1) is 17.3 Å². The summed E-state index contributed by atoms with van der Waals surface area (Å²) in [6.45, 7) is 0.268. The summed E-state index contributed by atoms with van der Waals surface area (Å²) in [6.07, 6.45) is -1.58. The first kappa shape index (κ1) is 25.3. The molecule has 0 radical (unpaired) electrons. The van der Waals surface area contributed by atoms with Crippen LogP contribution < -0.4 is 14.8 Å².